The largest absolute Gasteiger partial charge is 0.491 e. The molecule has 2 aromatic carbocycles. The van der Waals surface area contributed by atoms with E-state index in [1.807, 2.05) is 6.92 Å². The number of nitrogens with zero attached hydrogens (tertiary/aromatic N) is 1. The normalized spacial score (nSPS) is 11.1. The van der Waals surface area contributed by atoms with Gasteiger partial charge >= 0.3 is 0 Å². The first kappa shape index (κ1) is 16.4. The summed E-state index contributed by atoms with van der Waals surface area (Å²) in [6.45, 7) is 2.29. The molecule has 0 fully saturated rings. The van der Waals surface area contributed by atoms with Crippen LogP contribution < -0.4 is 4.74 Å². The predicted octanol–water partition coefficient (Wildman–Crippen LogP) is 5.60. The van der Waals surface area contributed by atoms with Crippen molar-refractivity contribution in [2.45, 2.75) is 6.92 Å². The lowest BCUT2D eigenvalue weighted by Gasteiger charge is -2.09. The summed E-state index contributed by atoms with van der Waals surface area (Å²) < 4.78 is 18.3. The molecule has 0 N–H and O–H groups in total. The molecular formula is C17H12Cl2FNO. The minimum atomic E-state index is -0.354. The van der Waals surface area contributed by atoms with E-state index < -0.39 is 0 Å². The van der Waals surface area contributed by atoms with Gasteiger partial charge in [-0.15, -0.1) is 0 Å². The fourth-order valence-electron chi connectivity index (χ4n) is 1.92. The average molecular weight is 336 g/mol. The summed E-state index contributed by atoms with van der Waals surface area (Å²) in [4.78, 5) is 0. The lowest BCUT2D eigenvalue weighted by molar-refractivity contribution is 0.340. The molecule has 22 heavy (non-hydrogen) atoms. The predicted molar refractivity (Wildman–Crippen MR) is 87.5 cm³/mol. The third-order valence-corrected chi connectivity index (χ3v) is 3.46. The maximum atomic E-state index is 13.0. The van der Waals surface area contributed by atoms with Crippen molar-refractivity contribution in [1.82, 2.24) is 0 Å². The van der Waals surface area contributed by atoms with Gasteiger partial charge in [0.2, 0.25) is 0 Å². The van der Waals surface area contributed by atoms with Gasteiger partial charge in [0.25, 0.3) is 0 Å². The number of hydrogen-bond donors (Lipinski definition) is 0. The number of halogens is 3. The topological polar surface area (TPSA) is 33.0 Å². The summed E-state index contributed by atoms with van der Waals surface area (Å²) in [5.41, 5.74) is 1.67. The molecule has 0 bridgehead atoms. The maximum absolute atomic E-state index is 13.0. The average Bonchev–Trinajstić information content (AvgIpc) is 2.49. The van der Waals surface area contributed by atoms with E-state index in [0.717, 1.165) is 0 Å². The molecule has 0 aromatic heterocycles. The molecule has 0 amide bonds. The van der Waals surface area contributed by atoms with Gasteiger partial charge < -0.3 is 4.74 Å². The molecule has 0 saturated carbocycles. The lowest BCUT2D eigenvalue weighted by atomic mass is 10.0. The first-order valence-electron chi connectivity index (χ1n) is 6.54. The quantitative estimate of drug-likeness (QED) is 0.538. The highest BCUT2D eigenvalue weighted by Gasteiger charge is 2.09. The SMILES string of the molecule is CCOc1c(Cl)cc(/C=C(/C#N)c2ccc(F)cc2)cc1Cl. The Morgan fingerprint density at radius 3 is 2.32 bits per heavy atom. The molecule has 0 aliphatic heterocycles. The fraction of sp³-hybridized carbons (Fsp3) is 0.118. The zero-order chi connectivity index (χ0) is 16.1. The van der Waals surface area contributed by atoms with E-state index in [1.54, 1.807) is 30.3 Å². The molecule has 0 spiro atoms. The van der Waals surface area contributed by atoms with E-state index in [1.165, 1.54) is 12.1 Å². The summed E-state index contributed by atoms with van der Waals surface area (Å²) in [5.74, 6) is 0.0662. The van der Waals surface area contributed by atoms with Gasteiger partial charge in [0.1, 0.15) is 5.82 Å². The van der Waals surface area contributed by atoms with Crippen molar-refractivity contribution in [1.29, 1.82) is 5.26 Å². The number of nitriles is 1. The first-order chi connectivity index (χ1) is 10.5. The van der Waals surface area contributed by atoms with Crippen LogP contribution in [0.2, 0.25) is 10.0 Å². The first-order valence-corrected chi connectivity index (χ1v) is 7.30. The molecule has 0 saturated heterocycles. The second-order valence-corrected chi connectivity index (χ2v) is 5.24. The van der Waals surface area contributed by atoms with E-state index in [4.69, 9.17) is 27.9 Å². The van der Waals surface area contributed by atoms with Gasteiger partial charge in [-0.3, -0.25) is 0 Å². The highest BCUT2D eigenvalue weighted by atomic mass is 35.5. The number of hydrogen-bond acceptors (Lipinski definition) is 2. The van der Waals surface area contributed by atoms with Crippen LogP contribution in [-0.4, -0.2) is 6.61 Å². The maximum Gasteiger partial charge on any atom is 0.156 e. The third-order valence-electron chi connectivity index (χ3n) is 2.90. The van der Waals surface area contributed by atoms with E-state index in [-0.39, 0.29) is 5.82 Å². The summed E-state index contributed by atoms with van der Waals surface area (Å²) in [5, 5.41) is 10.0. The highest BCUT2D eigenvalue weighted by Crippen LogP contribution is 2.35. The van der Waals surface area contributed by atoms with Gasteiger partial charge in [-0.05, 0) is 48.4 Å². The zero-order valence-electron chi connectivity index (χ0n) is 11.7. The van der Waals surface area contributed by atoms with Crippen LogP contribution in [0, 0.1) is 17.1 Å². The van der Waals surface area contributed by atoms with Crippen molar-refractivity contribution in [3.8, 4) is 11.8 Å². The Morgan fingerprint density at radius 1 is 1.23 bits per heavy atom. The minimum absolute atomic E-state index is 0.354. The Hall–Kier alpha value is -2.02. The van der Waals surface area contributed by atoms with Crippen LogP contribution >= 0.6 is 23.2 Å². The van der Waals surface area contributed by atoms with Crippen LogP contribution in [0.5, 0.6) is 5.75 Å². The van der Waals surface area contributed by atoms with Crippen molar-refractivity contribution < 1.29 is 9.13 Å². The second-order valence-electron chi connectivity index (χ2n) is 4.42. The molecule has 2 aromatic rings. The van der Waals surface area contributed by atoms with Crippen molar-refractivity contribution >= 4 is 34.9 Å². The Bertz CT molecular complexity index is 725. The minimum Gasteiger partial charge on any atom is -0.491 e. The van der Waals surface area contributed by atoms with Gasteiger partial charge in [0.05, 0.1) is 28.3 Å². The monoisotopic (exact) mass is 335 g/mol. The molecule has 0 atom stereocenters. The van der Waals surface area contributed by atoms with E-state index in [0.29, 0.717) is 39.1 Å². The molecule has 0 radical (unpaired) electrons. The van der Waals surface area contributed by atoms with Crippen molar-refractivity contribution in [2.24, 2.45) is 0 Å². The van der Waals surface area contributed by atoms with Crippen molar-refractivity contribution in [3.63, 3.8) is 0 Å². The van der Waals surface area contributed by atoms with Gasteiger partial charge in [-0.25, -0.2) is 4.39 Å². The van der Waals surface area contributed by atoms with E-state index in [2.05, 4.69) is 6.07 Å². The number of allylic oxidation sites excluding steroid dienone is 1. The molecule has 2 rings (SSSR count). The smallest absolute Gasteiger partial charge is 0.156 e. The number of ether oxygens (including phenoxy) is 1. The van der Waals surface area contributed by atoms with E-state index in [9.17, 15) is 9.65 Å². The summed E-state index contributed by atoms with van der Waals surface area (Å²) in [6.07, 6.45) is 1.64. The number of benzene rings is 2. The Labute approximate surface area is 138 Å². The van der Waals surface area contributed by atoms with Crippen LogP contribution in [0.25, 0.3) is 11.6 Å². The Kier molecular flexibility index (Phi) is 5.43. The highest BCUT2D eigenvalue weighted by molar-refractivity contribution is 6.37. The van der Waals surface area contributed by atoms with Crippen LogP contribution in [0.3, 0.4) is 0 Å². The van der Waals surface area contributed by atoms with Crippen LogP contribution in [0.4, 0.5) is 4.39 Å². The van der Waals surface area contributed by atoms with Crippen molar-refractivity contribution in [3.05, 3.63) is 63.4 Å². The summed E-state index contributed by atoms with van der Waals surface area (Å²) in [6, 6.07) is 11.1. The second kappa shape index (κ2) is 7.31. The molecule has 0 unspecified atom stereocenters. The fourth-order valence-corrected chi connectivity index (χ4v) is 2.53. The van der Waals surface area contributed by atoms with Crippen LogP contribution in [0.15, 0.2) is 36.4 Å². The van der Waals surface area contributed by atoms with Gasteiger partial charge in [-0.2, -0.15) is 5.26 Å². The molecule has 0 aliphatic rings. The summed E-state index contributed by atoms with van der Waals surface area (Å²) >= 11 is 12.3. The molecule has 0 aliphatic carbocycles. The van der Waals surface area contributed by atoms with Crippen LogP contribution in [-0.2, 0) is 0 Å². The Balaban J connectivity index is 2.42. The molecule has 0 heterocycles. The Morgan fingerprint density at radius 2 is 1.82 bits per heavy atom. The van der Waals surface area contributed by atoms with E-state index >= 15 is 0 Å². The summed E-state index contributed by atoms with van der Waals surface area (Å²) in [7, 11) is 0. The third kappa shape index (κ3) is 3.79. The molecular weight excluding hydrogens is 324 g/mol. The lowest BCUT2D eigenvalue weighted by Crippen LogP contribution is -1.93. The molecule has 112 valence electrons. The standard InChI is InChI=1S/C17H12Cl2FNO/c1-2-22-17-15(18)8-11(9-16(17)19)7-13(10-21)12-3-5-14(20)6-4-12/h3-9H,2H2,1H3/b13-7-. The number of rotatable bonds is 4. The van der Waals surface area contributed by atoms with Crippen molar-refractivity contribution in [2.75, 3.05) is 6.61 Å². The van der Waals surface area contributed by atoms with Gasteiger partial charge in [0, 0.05) is 0 Å². The molecule has 2 nitrogen and oxygen atoms in total. The van der Waals surface area contributed by atoms with Gasteiger partial charge in [0.15, 0.2) is 5.75 Å². The van der Waals surface area contributed by atoms with Crippen LogP contribution in [0.1, 0.15) is 18.1 Å². The zero-order valence-corrected chi connectivity index (χ0v) is 13.2. The van der Waals surface area contributed by atoms with Gasteiger partial charge in [-0.1, -0.05) is 35.3 Å². The molecule has 5 heteroatoms.